The van der Waals surface area contributed by atoms with E-state index in [1.807, 2.05) is 0 Å². The zero-order valence-corrected chi connectivity index (χ0v) is 16.5. The summed E-state index contributed by atoms with van der Waals surface area (Å²) in [5.74, 6) is 0.0924. The third kappa shape index (κ3) is 4.89. The van der Waals surface area contributed by atoms with Crippen molar-refractivity contribution in [3.05, 3.63) is 57.2 Å². The fraction of sp³-hybridized carbons (Fsp3) is 0.118. The number of carbonyl (C=O) groups excluding carboxylic acids is 2. The molecule has 0 aromatic heterocycles. The maximum atomic E-state index is 12.3. The summed E-state index contributed by atoms with van der Waals surface area (Å²) < 4.78 is 5.99. The Labute approximate surface area is 164 Å². The van der Waals surface area contributed by atoms with Crippen molar-refractivity contribution in [2.75, 3.05) is 19.5 Å². The minimum atomic E-state index is -0.351. The zero-order valence-electron chi connectivity index (χ0n) is 13.6. The van der Waals surface area contributed by atoms with Crippen LogP contribution in [0.5, 0.6) is 5.75 Å². The quantitative estimate of drug-likeness (QED) is 0.474. The van der Waals surface area contributed by atoms with Crippen molar-refractivity contribution in [1.82, 2.24) is 10.6 Å². The summed E-state index contributed by atoms with van der Waals surface area (Å²) in [5, 5.41) is 8.13. The molecular formula is C17H16IN3O3S. The number of nitrogens with one attached hydrogen (secondary N) is 3. The minimum absolute atomic E-state index is 0.104. The fourth-order valence-electron chi connectivity index (χ4n) is 2.06. The van der Waals surface area contributed by atoms with Gasteiger partial charge >= 0.3 is 0 Å². The Morgan fingerprint density at radius 2 is 1.84 bits per heavy atom. The van der Waals surface area contributed by atoms with Gasteiger partial charge in [-0.15, -0.1) is 0 Å². The number of thiocarbonyl (C=S) groups is 1. The lowest BCUT2D eigenvalue weighted by atomic mass is 10.1. The molecule has 0 bridgehead atoms. The smallest absolute Gasteiger partial charge is 0.257 e. The van der Waals surface area contributed by atoms with E-state index in [1.165, 1.54) is 0 Å². The lowest BCUT2D eigenvalue weighted by Gasteiger charge is -2.13. The number of hydrogen-bond acceptors (Lipinski definition) is 4. The van der Waals surface area contributed by atoms with Crippen molar-refractivity contribution in [2.45, 2.75) is 0 Å². The maximum absolute atomic E-state index is 12.3. The van der Waals surface area contributed by atoms with E-state index >= 15 is 0 Å². The summed E-state index contributed by atoms with van der Waals surface area (Å²) in [7, 11) is 3.12. The predicted octanol–water partition coefficient (Wildman–Crippen LogP) is 2.79. The van der Waals surface area contributed by atoms with Crippen LogP contribution in [-0.4, -0.2) is 31.1 Å². The number of hydrogen-bond donors (Lipinski definition) is 3. The molecule has 3 N–H and O–H groups in total. The molecule has 2 aromatic carbocycles. The Kier molecular flexibility index (Phi) is 6.71. The molecule has 0 saturated carbocycles. The van der Waals surface area contributed by atoms with Crippen LogP contribution in [-0.2, 0) is 0 Å². The molecule has 0 saturated heterocycles. The van der Waals surface area contributed by atoms with Crippen LogP contribution in [0.3, 0.4) is 0 Å². The second-order valence-electron chi connectivity index (χ2n) is 4.88. The number of para-hydroxylation sites is 1. The second-order valence-corrected chi connectivity index (χ2v) is 6.45. The van der Waals surface area contributed by atoms with Crippen LogP contribution in [0.4, 0.5) is 5.69 Å². The lowest BCUT2D eigenvalue weighted by Crippen LogP contribution is -2.34. The van der Waals surface area contributed by atoms with E-state index in [2.05, 4.69) is 38.5 Å². The predicted molar refractivity (Wildman–Crippen MR) is 109 cm³/mol. The average molecular weight is 469 g/mol. The van der Waals surface area contributed by atoms with Gasteiger partial charge in [0, 0.05) is 12.6 Å². The van der Waals surface area contributed by atoms with Gasteiger partial charge in [0.05, 0.1) is 21.9 Å². The van der Waals surface area contributed by atoms with Gasteiger partial charge < -0.3 is 15.4 Å². The van der Waals surface area contributed by atoms with E-state index in [4.69, 9.17) is 17.0 Å². The van der Waals surface area contributed by atoms with E-state index in [9.17, 15) is 9.59 Å². The van der Waals surface area contributed by atoms with Crippen molar-refractivity contribution in [3.8, 4) is 5.75 Å². The Morgan fingerprint density at radius 1 is 1.12 bits per heavy atom. The standard InChI is InChI=1S/C17H16IN3O3S/c1-19-16(23)11-5-3-4-6-13(11)20-17(25)21-15(22)10-7-8-14(24-2)12(18)9-10/h3-9H,1-2H3,(H,19,23)(H2,20,21,22,25). The van der Waals surface area contributed by atoms with Gasteiger partial charge in [-0.1, -0.05) is 12.1 Å². The molecule has 0 fully saturated rings. The number of ether oxygens (including phenoxy) is 1. The molecular weight excluding hydrogens is 453 g/mol. The van der Waals surface area contributed by atoms with Gasteiger partial charge in [-0.05, 0) is 65.1 Å². The molecule has 0 aliphatic rings. The lowest BCUT2D eigenvalue weighted by molar-refractivity contribution is 0.0961. The van der Waals surface area contributed by atoms with Crippen molar-refractivity contribution in [2.24, 2.45) is 0 Å². The first-order valence-electron chi connectivity index (χ1n) is 7.23. The first-order valence-corrected chi connectivity index (χ1v) is 8.72. The highest BCUT2D eigenvalue weighted by Crippen LogP contribution is 2.21. The maximum Gasteiger partial charge on any atom is 0.257 e. The van der Waals surface area contributed by atoms with E-state index in [0.29, 0.717) is 22.6 Å². The number of halogens is 1. The van der Waals surface area contributed by atoms with Gasteiger partial charge in [-0.3, -0.25) is 14.9 Å². The Bertz CT molecular complexity index is 827. The largest absolute Gasteiger partial charge is 0.496 e. The van der Waals surface area contributed by atoms with Gasteiger partial charge in [0.25, 0.3) is 11.8 Å². The van der Waals surface area contributed by atoms with Gasteiger partial charge in [-0.2, -0.15) is 0 Å². The normalized spacial score (nSPS) is 9.88. The monoisotopic (exact) mass is 469 g/mol. The van der Waals surface area contributed by atoms with Crippen LogP contribution in [0.1, 0.15) is 20.7 Å². The van der Waals surface area contributed by atoms with Crippen LogP contribution in [0.25, 0.3) is 0 Å². The number of rotatable bonds is 4. The summed E-state index contributed by atoms with van der Waals surface area (Å²) in [6.45, 7) is 0. The van der Waals surface area contributed by atoms with Gasteiger partial charge in [-0.25, -0.2) is 0 Å². The second kappa shape index (κ2) is 8.77. The summed E-state index contributed by atoms with van der Waals surface area (Å²) in [6.07, 6.45) is 0. The third-order valence-corrected chi connectivity index (χ3v) is 4.34. The average Bonchev–Trinajstić information content (AvgIpc) is 2.61. The summed E-state index contributed by atoms with van der Waals surface area (Å²) in [6, 6.07) is 12.0. The van der Waals surface area contributed by atoms with Gasteiger partial charge in [0.2, 0.25) is 0 Å². The van der Waals surface area contributed by atoms with Crippen LogP contribution in [0.15, 0.2) is 42.5 Å². The van der Waals surface area contributed by atoms with Gasteiger partial charge in [0.1, 0.15) is 5.75 Å². The molecule has 2 rings (SSSR count). The topological polar surface area (TPSA) is 79.5 Å². The highest BCUT2D eigenvalue weighted by molar-refractivity contribution is 14.1. The fourth-order valence-corrected chi connectivity index (χ4v) is 3.00. The zero-order chi connectivity index (χ0) is 18.4. The minimum Gasteiger partial charge on any atom is -0.496 e. The highest BCUT2D eigenvalue weighted by atomic mass is 127. The van der Waals surface area contributed by atoms with E-state index in [1.54, 1.807) is 56.6 Å². The SMILES string of the molecule is CNC(=O)c1ccccc1NC(=S)NC(=O)c1ccc(OC)c(I)c1. The summed E-state index contributed by atoms with van der Waals surface area (Å²) >= 11 is 7.26. The van der Waals surface area contributed by atoms with Crippen molar-refractivity contribution < 1.29 is 14.3 Å². The van der Waals surface area contributed by atoms with E-state index in [0.717, 1.165) is 3.57 Å². The molecule has 8 heteroatoms. The molecule has 0 heterocycles. The number of amides is 2. The van der Waals surface area contributed by atoms with Gasteiger partial charge in [0.15, 0.2) is 5.11 Å². The Hall–Kier alpha value is -2.20. The van der Waals surface area contributed by atoms with E-state index < -0.39 is 0 Å². The van der Waals surface area contributed by atoms with E-state index in [-0.39, 0.29) is 16.9 Å². The Balaban J connectivity index is 2.09. The van der Waals surface area contributed by atoms with Crippen molar-refractivity contribution >= 4 is 57.4 Å². The van der Waals surface area contributed by atoms with Crippen molar-refractivity contribution in [3.63, 3.8) is 0 Å². The molecule has 0 aliphatic carbocycles. The van der Waals surface area contributed by atoms with Crippen LogP contribution in [0.2, 0.25) is 0 Å². The molecule has 6 nitrogen and oxygen atoms in total. The molecule has 2 aromatic rings. The number of benzene rings is 2. The summed E-state index contributed by atoms with van der Waals surface area (Å²) in [5.41, 5.74) is 1.39. The first kappa shape index (κ1) is 19.1. The molecule has 25 heavy (non-hydrogen) atoms. The molecule has 130 valence electrons. The number of methoxy groups -OCH3 is 1. The summed E-state index contributed by atoms with van der Waals surface area (Å²) in [4.78, 5) is 24.2. The van der Waals surface area contributed by atoms with Crippen LogP contribution in [0, 0.1) is 3.57 Å². The van der Waals surface area contributed by atoms with Crippen molar-refractivity contribution in [1.29, 1.82) is 0 Å². The van der Waals surface area contributed by atoms with Crippen LogP contribution < -0.4 is 20.7 Å². The molecule has 0 atom stereocenters. The molecule has 0 spiro atoms. The highest BCUT2D eigenvalue weighted by Gasteiger charge is 2.13. The first-order chi connectivity index (χ1) is 12.0. The Morgan fingerprint density at radius 3 is 2.48 bits per heavy atom. The molecule has 0 aliphatic heterocycles. The number of anilines is 1. The third-order valence-electron chi connectivity index (χ3n) is 3.29. The molecule has 2 amide bonds. The molecule has 0 radical (unpaired) electrons. The molecule has 0 unspecified atom stereocenters. The number of carbonyl (C=O) groups is 2. The van der Waals surface area contributed by atoms with Crippen LogP contribution >= 0.6 is 34.8 Å².